The van der Waals surface area contributed by atoms with Gasteiger partial charge in [0, 0.05) is 17.7 Å². The van der Waals surface area contributed by atoms with Gasteiger partial charge in [0.2, 0.25) is 0 Å². The van der Waals surface area contributed by atoms with E-state index in [4.69, 9.17) is 12.2 Å². The highest BCUT2D eigenvalue weighted by Gasteiger charge is 2.13. The van der Waals surface area contributed by atoms with E-state index in [9.17, 15) is 0 Å². The zero-order chi connectivity index (χ0) is 11.6. The standard InChI is InChI=1S/C12H20N2S/c1-6-9-8(2)11(15)14-10(13-9)7-12(3,4)5/h6-7H2,1-5H3,(H,13,14,15). The summed E-state index contributed by atoms with van der Waals surface area (Å²) in [6.07, 6.45) is 1.92. The molecule has 0 aliphatic heterocycles. The molecule has 0 amide bonds. The SMILES string of the molecule is CCc1[nH]c(CC(C)(C)C)nc(=S)c1C. The van der Waals surface area contributed by atoms with E-state index >= 15 is 0 Å². The second kappa shape index (κ2) is 4.44. The molecule has 0 spiro atoms. The molecule has 0 aliphatic carbocycles. The number of rotatable bonds is 2. The fourth-order valence-electron chi connectivity index (χ4n) is 1.57. The maximum atomic E-state index is 5.25. The van der Waals surface area contributed by atoms with Crippen LogP contribution >= 0.6 is 12.2 Å². The first-order valence-corrected chi connectivity index (χ1v) is 5.83. The molecule has 3 heteroatoms. The van der Waals surface area contributed by atoms with Crippen molar-refractivity contribution in [3.8, 4) is 0 Å². The third kappa shape index (κ3) is 3.42. The van der Waals surface area contributed by atoms with Gasteiger partial charge in [-0.05, 0) is 18.8 Å². The fourth-order valence-corrected chi connectivity index (χ4v) is 1.80. The van der Waals surface area contributed by atoms with Crippen LogP contribution < -0.4 is 0 Å². The predicted molar refractivity (Wildman–Crippen MR) is 66.7 cm³/mol. The topological polar surface area (TPSA) is 28.7 Å². The molecule has 1 rings (SSSR count). The summed E-state index contributed by atoms with van der Waals surface area (Å²) in [4.78, 5) is 7.81. The summed E-state index contributed by atoms with van der Waals surface area (Å²) in [5.41, 5.74) is 2.57. The minimum atomic E-state index is 0.242. The lowest BCUT2D eigenvalue weighted by molar-refractivity contribution is 0.399. The molecule has 0 aromatic carbocycles. The Bertz CT molecular complexity index is 399. The van der Waals surface area contributed by atoms with Gasteiger partial charge in [-0.1, -0.05) is 39.9 Å². The molecule has 1 aromatic rings. The molecule has 0 aliphatic rings. The van der Waals surface area contributed by atoms with Crippen molar-refractivity contribution in [3.05, 3.63) is 21.7 Å². The van der Waals surface area contributed by atoms with Crippen LogP contribution in [0.4, 0.5) is 0 Å². The summed E-state index contributed by atoms with van der Waals surface area (Å²) in [6.45, 7) is 10.8. The van der Waals surface area contributed by atoms with Crippen molar-refractivity contribution < 1.29 is 0 Å². The minimum absolute atomic E-state index is 0.242. The molecular weight excluding hydrogens is 204 g/mol. The smallest absolute Gasteiger partial charge is 0.132 e. The Morgan fingerprint density at radius 2 is 1.93 bits per heavy atom. The Labute approximate surface area is 97.1 Å². The molecule has 1 aromatic heterocycles. The summed E-state index contributed by atoms with van der Waals surface area (Å²) in [5.74, 6) is 1.01. The maximum absolute atomic E-state index is 5.25. The molecule has 0 fully saturated rings. The number of nitrogens with one attached hydrogen (secondary N) is 1. The van der Waals surface area contributed by atoms with Crippen LogP contribution in [-0.2, 0) is 12.8 Å². The van der Waals surface area contributed by atoms with Crippen molar-refractivity contribution in [2.45, 2.75) is 47.5 Å². The molecule has 0 radical (unpaired) electrons. The maximum Gasteiger partial charge on any atom is 0.132 e. The van der Waals surface area contributed by atoms with Gasteiger partial charge in [0.25, 0.3) is 0 Å². The molecule has 0 unspecified atom stereocenters. The normalized spacial score (nSPS) is 11.8. The van der Waals surface area contributed by atoms with Crippen molar-refractivity contribution in [2.75, 3.05) is 0 Å². The lowest BCUT2D eigenvalue weighted by atomic mass is 9.92. The number of H-pyrrole nitrogens is 1. The van der Waals surface area contributed by atoms with E-state index in [1.807, 2.05) is 6.92 Å². The third-order valence-corrected chi connectivity index (χ3v) is 2.75. The average Bonchev–Trinajstić information content (AvgIpc) is 2.08. The van der Waals surface area contributed by atoms with E-state index in [1.165, 1.54) is 5.69 Å². The minimum Gasteiger partial charge on any atom is -0.347 e. The first kappa shape index (κ1) is 12.4. The fraction of sp³-hybridized carbons (Fsp3) is 0.667. The summed E-state index contributed by atoms with van der Waals surface area (Å²) in [6, 6.07) is 0. The molecule has 1 N–H and O–H groups in total. The number of aromatic amines is 1. The van der Waals surface area contributed by atoms with Gasteiger partial charge in [0.1, 0.15) is 10.5 Å². The van der Waals surface area contributed by atoms with Crippen molar-refractivity contribution in [1.82, 2.24) is 9.97 Å². The quantitative estimate of drug-likeness (QED) is 0.778. The van der Waals surface area contributed by atoms with E-state index in [2.05, 4.69) is 37.7 Å². The first-order valence-electron chi connectivity index (χ1n) is 5.42. The van der Waals surface area contributed by atoms with Crippen LogP contribution in [0.2, 0.25) is 0 Å². The van der Waals surface area contributed by atoms with Crippen LogP contribution in [0.15, 0.2) is 0 Å². The van der Waals surface area contributed by atoms with Gasteiger partial charge in [-0.25, -0.2) is 4.98 Å². The first-order chi connectivity index (χ1) is 6.83. The van der Waals surface area contributed by atoms with E-state index in [-0.39, 0.29) is 5.41 Å². The molecule has 15 heavy (non-hydrogen) atoms. The largest absolute Gasteiger partial charge is 0.347 e. The summed E-state index contributed by atoms with van der Waals surface area (Å²) < 4.78 is 0.741. The van der Waals surface area contributed by atoms with E-state index < -0.39 is 0 Å². The lowest BCUT2D eigenvalue weighted by Crippen LogP contribution is -2.13. The molecule has 0 saturated carbocycles. The highest BCUT2D eigenvalue weighted by Crippen LogP contribution is 2.19. The van der Waals surface area contributed by atoms with E-state index in [0.29, 0.717) is 0 Å². The Hall–Kier alpha value is -0.700. The van der Waals surface area contributed by atoms with Gasteiger partial charge in [-0.2, -0.15) is 0 Å². The molecule has 84 valence electrons. The Morgan fingerprint density at radius 3 is 2.40 bits per heavy atom. The Kier molecular flexibility index (Phi) is 3.66. The van der Waals surface area contributed by atoms with Gasteiger partial charge >= 0.3 is 0 Å². The molecule has 0 bridgehead atoms. The lowest BCUT2D eigenvalue weighted by Gasteiger charge is -2.18. The number of aryl methyl sites for hydroxylation is 1. The van der Waals surface area contributed by atoms with Crippen LogP contribution in [0.3, 0.4) is 0 Å². The van der Waals surface area contributed by atoms with Crippen molar-refractivity contribution >= 4 is 12.2 Å². The van der Waals surface area contributed by atoms with Gasteiger partial charge in [0.15, 0.2) is 0 Å². The summed E-state index contributed by atoms with van der Waals surface area (Å²) in [7, 11) is 0. The molecular formula is C12H20N2S. The monoisotopic (exact) mass is 224 g/mol. The van der Waals surface area contributed by atoms with Crippen molar-refractivity contribution in [3.63, 3.8) is 0 Å². The van der Waals surface area contributed by atoms with Crippen LogP contribution in [-0.4, -0.2) is 9.97 Å². The van der Waals surface area contributed by atoms with Crippen molar-refractivity contribution in [2.24, 2.45) is 5.41 Å². The van der Waals surface area contributed by atoms with Gasteiger partial charge in [0.05, 0.1) is 0 Å². The second-order valence-corrected chi connectivity index (χ2v) is 5.57. The highest BCUT2D eigenvalue weighted by molar-refractivity contribution is 7.71. The number of hydrogen-bond donors (Lipinski definition) is 1. The van der Waals surface area contributed by atoms with Crippen LogP contribution in [0.5, 0.6) is 0 Å². The third-order valence-electron chi connectivity index (χ3n) is 2.36. The number of nitrogens with zero attached hydrogens (tertiary/aromatic N) is 1. The number of aromatic nitrogens is 2. The second-order valence-electron chi connectivity index (χ2n) is 5.18. The van der Waals surface area contributed by atoms with Gasteiger partial charge in [-0.3, -0.25) is 0 Å². The molecule has 0 saturated heterocycles. The zero-order valence-electron chi connectivity index (χ0n) is 10.3. The number of hydrogen-bond acceptors (Lipinski definition) is 2. The molecule has 0 atom stereocenters. The zero-order valence-corrected chi connectivity index (χ0v) is 11.1. The summed E-state index contributed by atoms with van der Waals surface area (Å²) in [5, 5.41) is 0. The average molecular weight is 224 g/mol. The van der Waals surface area contributed by atoms with Gasteiger partial charge in [-0.15, -0.1) is 0 Å². The molecule has 1 heterocycles. The summed E-state index contributed by atoms with van der Waals surface area (Å²) >= 11 is 5.25. The van der Waals surface area contributed by atoms with Crippen LogP contribution in [0.25, 0.3) is 0 Å². The van der Waals surface area contributed by atoms with Crippen molar-refractivity contribution in [1.29, 1.82) is 0 Å². The van der Waals surface area contributed by atoms with Crippen LogP contribution in [0, 0.1) is 17.0 Å². The van der Waals surface area contributed by atoms with Gasteiger partial charge < -0.3 is 4.98 Å². The Morgan fingerprint density at radius 1 is 1.33 bits per heavy atom. The van der Waals surface area contributed by atoms with E-state index in [0.717, 1.165) is 28.9 Å². The van der Waals surface area contributed by atoms with E-state index in [1.54, 1.807) is 0 Å². The van der Waals surface area contributed by atoms with Crippen LogP contribution in [0.1, 0.15) is 44.8 Å². The Balaban J connectivity index is 3.12. The molecule has 2 nitrogen and oxygen atoms in total. The highest BCUT2D eigenvalue weighted by atomic mass is 32.1. The predicted octanol–water partition coefficient (Wildman–Crippen LogP) is 3.60.